The van der Waals surface area contributed by atoms with Crippen LogP contribution in [0.4, 0.5) is 13.2 Å². The van der Waals surface area contributed by atoms with Gasteiger partial charge in [0.25, 0.3) is 0 Å². The molecule has 1 fully saturated rings. The van der Waals surface area contributed by atoms with E-state index in [0.717, 1.165) is 25.0 Å². The lowest BCUT2D eigenvalue weighted by Gasteiger charge is -2.16. The Morgan fingerprint density at radius 1 is 1.22 bits per heavy atom. The van der Waals surface area contributed by atoms with Crippen molar-refractivity contribution in [3.63, 3.8) is 0 Å². The van der Waals surface area contributed by atoms with E-state index in [0.29, 0.717) is 28.2 Å². The van der Waals surface area contributed by atoms with Crippen molar-refractivity contribution in [2.24, 2.45) is 0 Å². The molecule has 0 atom stereocenters. The first kappa shape index (κ1) is 17.5. The third-order valence-electron chi connectivity index (χ3n) is 4.79. The summed E-state index contributed by atoms with van der Waals surface area (Å²) in [6.45, 7) is 0.0736. The third kappa shape index (κ3) is 3.51. The molecule has 0 N–H and O–H groups in total. The highest BCUT2D eigenvalue weighted by Crippen LogP contribution is 2.32. The molecule has 3 aromatic rings. The van der Waals surface area contributed by atoms with Gasteiger partial charge in [0, 0.05) is 24.8 Å². The van der Waals surface area contributed by atoms with E-state index < -0.39 is 11.7 Å². The monoisotopic (exact) mass is 374 g/mol. The second kappa shape index (κ2) is 6.37. The van der Waals surface area contributed by atoms with Crippen molar-refractivity contribution in [1.82, 2.24) is 19.7 Å². The van der Waals surface area contributed by atoms with Gasteiger partial charge >= 0.3 is 6.18 Å². The molecular weight excluding hydrogens is 357 g/mol. The molecule has 1 saturated carbocycles. The Morgan fingerprint density at radius 2 is 2.00 bits per heavy atom. The number of fused-ring (bicyclic) bond motifs is 1. The van der Waals surface area contributed by atoms with Gasteiger partial charge in [-0.05, 0) is 36.6 Å². The van der Waals surface area contributed by atoms with Gasteiger partial charge in [0.1, 0.15) is 12.1 Å². The van der Waals surface area contributed by atoms with E-state index in [1.165, 1.54) is 12.3 Å². The molecule has 0 radical (unpaired) electrons. The van der Waals surface area contributed by atoms with Gasteiger partial charge in [-0.3, -0.25) is 14.5 Å². The number of hydrogen-bond donors (Lipinski definition) is 0. The van der Waals surface area contributed by atoms with Crippen molar-refractivity contribution in [2.45, 2.75) is 31.6 Å². The lowest BCUT2D eigenvalue weighted by atomic mass is 10.0. The van der Waals surface area contributed by atoms with Crippen LogP contribution >= 0.6 is 0 Å². The summed E-state index contributed by atoms with van der Waals surface area (Å²) in [7, 11) is 1.78. The number of pyridine rings is 1. The SMILES string of the molecule is CN(C(=O)Cn1ncc2ncc(-c3cccc(C(F)(F)F)c3)cc21)C1CC1. The maximum absolute atomic E-state index is 13.0. The van der Waals surface area contributed by atoms with Gasteiger partial charge in [-0.15, -0.1) is 0 Å². The van der Waals surface area contributed by atoms with Gasteiger partial charge in [-0.1, -0.05) is 12.1 Å². The Labute approximate surface area is 153 Å². The van der Waals surface area contributed by atoms with Crippen LogP contribution in [0.25, 0.3) is 22.2 Å². The average molecular weight is 374 g/mol. The van der Waals surface area contributed by atoms with Crippen LogP contribution in [0.5, 0.6) is 0 Å². The number of benzene rings is 1. The van der Waals surface area contributed by atoms with Gasteiger partial charge in [0.2, 0.25) is 5.91 Å². The zero-order chi connectivity index (χ0) is 19.2. The fourth-order valence-electron chi connectivity index (χ4n) is 3.02. The number of likely N-dealkylation sites (N-methyl/N-ethyl adjacent to an activating group) is 1. The first-order valence-corrected chi connectivity index (χ1v) is 8.58. The van der Waals surface area contributed by atoms with Gasteiger partial charge in [0.05, 0.1) is 17.3 Å². The molecule has 5 nitrogen and oxygen atoms in total. The highest BCUT2D eigenvalue weighted by molar-refractivity contribution is 5.83. The molecule has 1 amide bonds. The Bertz CT molecular complexity index is 1010. The molecule has 2 heterocycles. The molecule has 2 aromatic heterocycles. The number of carbonyl (C=O) groups is 1. The molecule has 1 aliphatic rings. The van der Waals surface area contributed by atoms with Crippen molar-refractivity contribution in [3.05, 3.63) is 48.3 Å². The predicted octanol–water partition coefficient (Wildman–Crippen LogP) is 3.74. The maximum atomic E-state index is 13.0. The number of hydrogen-bond acceptors (Lipinski definition) is 3. The second-order valence-electron chi connectivity index (χ2n) is 6.74. The first-order valence-electron chi connectivity index (χ1n) is 8.58. The Kier molecular flexibility index (Phi) is 4.13. The topological polar surface area (TPSA) is 51.0 Å². The van der Waals surface area contributed by atoms with E-state index in [2.05, 4.69) is 10.1 Å². The van der Waals surface area contributed by atoms with Crippen molar-refractivity contribution in [3.8, 4) is 11.1 Å². The van der Waals surface area contributed by atoms with E-state index in [1.54, 1.807) is 35.0 Å². The van der Waals surface area contributed by atoms with Crippen LogP contribution in [0.2, 0.25) is 0 Å². The molecule has 0 spiro atoms. The van der Waals surface area contributed by atoms with Gasteiger partial charge in [0.15, 0.2) is 0 Å². The van der Waals surface area contributed by atoms with E-state index in [1.807, 2.05) is 0 Å². The van der Waals surface area contributed by atoms with Crippen LogP contribution in [0, 0.1) is 0 Å². The standard InChI is InChI=1S/C19H17F3N4O/c1-25(15-5-6-15)18(27)11-26-17-8-13(9-23-16(17)10-24-26)12-3-2-4-14(7-12)19(20,21)22/h2-4,7-10,15H,5-6,11H2,1H3. The van der Waals surface area contributed by atoms with Crippen molar-refractivity contribution in [2.75, 3.05) is 7.05 Å². The van der Waals surface area contributed by atoms with Crippen LogP contribution in [-0.2, 0) is 17.5 Å². The summed E-state index contributed by atoms with van der Waals surface area (Å²) in [6, 6.07) is 7.12. The fourth-order valence-corrected chi connectivity index (χ4v) is 3.02. The fraction of sp³-hybridized carbons (Fsp3) is 0.316. The minimum Gasteiger partial charge on any atom is -0.341 e. The van der Waals surface area contributed by atoms with Crippen molar-refractivity contribution in [1.29, 1.82) is 0 Å². The zero-order valence-corrected chi connectivity index (χ0v) is 14.6. The number of nitrogens with zero attached hydrogens (tertiary/aromatic N) is 4. The molecule has 27 heavy (non-hydrogen) atoms. The summed E-state index contributed by atoms with van der Waals surface area (Å²) in [5, 5.41) is 4.22. The predicted molar refractivity (Wildman–Crippen MR) is 93.8 cm³/mol. The normalized spacial score (nSPS) is 14.5. The average Bonchev–Trinajstić information content (AvgIpc) is 3.42. The first-order chi connectivity index (χ1) is 12.8. The summed E-state index contributed by atoms with van der Waals surface area (Å²) in [6.07, 6.45) is 0.694. The molecule has 140 valence electrons. The van der Waals surface area contributed by atoms with E-state index in [-0.39, 0.29) is 12.5 Å². The third-order valence-corrected chi connectivity index (χ3v) is 4.79. The number of halogens is 3. The Balaban J connectivity index is 1.67. The number of carbonyl (C=O) groups excluding carboxylic acids is 1. The van der Waals surface area contributed by atoms with E-state index in [4.69, 9.17) is 0 Å². The largest absolute Gasteiger partial charge is 0.416 e. The zero-order valence-electron chi connectivity index (χ0n) is 14.6. The molecule has 0 unspecified atom stereocenters. The smallest absolute Gasteiger partial charge is 0.341 e. The maximum Gasteiger partial charge on any atom is 0.416 e. The van der Waals surface area contributed by atoms with Gasteiger partial charge < -0.3 is 4.90 Å². The highest BCUT2D eigenvalue weighted by Gasteiger charge is 2.31. The molecule has 8 heteroatoms. The van der Waals surface area contributed by atoms with Crippen molar-refractivity contribution < 1.29 is 18.0 Å². The molecule has 1 aliphatic carbocycles. The highest BCUT2D eigenvalue weighted by atomic mass is 19.4. The summed E-state index contributed by atoms with van der Waals surface area (Å²) < 4.78 is 40.4. The summed E-state index contributed by atoms with van der Waals surface area (Å²) in [5.41, 5.74) is 1.44. The minimum atomic E-state index is -4.41. The van der Waals surface area contributed by atoms with Crippen LogP contribution in [0.1, 0.15) is 18.4 Å². The number of rotatable bonds is 4. The molecular formula is C19H17F3N4O. The summed E-state index contributed by atoms with van der Waals surface area (Å²) in [5.74, 6) is -0.0491. The second-order valence-corrected chi connectivity index (χ2v) is 6.74. The summed E-state index contributed by atoms with van der Waals surface area (Å²) in [4.78, 5) is 18.4. The Morgan fingerprint density at radius 3 is 2.70 bits per heavy atom. The number of alkyl halides is 3. The molecule has 0 aliphatic heterocycles. The lowest BCUT2D eigenvalue weighted by molar-refractivity contribution is -0.137. The van der Waals surface area contributed by atoms with Gasteiger partial charge in [-0.25, -0.2) is 0 Å². The Hall–Kier alpha value is -2.90. The number of aromatic nitrogens is 3. The van der Waals surface area contributed by atoms with Gasteiger partial charge in [-0.2, -0.15) is 18.3 Å². The van der Waals surface area contributed by atoms with Crippen LogP contribution in [0.15, 0.2) is 42.7 Å². The van der Waals surface area contributed by atoms with Crippen molar-refractivity contribution >= 4 is 16.9 Å². The van der Waals surface area contributed by atoms with Crippen LogP contribution in [0.3, 0.4) is 0 Å². The molecule has 0 bridgehead atoms. The van der Waals surface area contributed by atoms with Crippen LogP contribution < -0.4 is 0 Å². The molecule has 4 rings (SSSR count). The molecule has 0 saturated heterocycles. The lowest BCUT2D eigenvalue weighted by Crippen LogP contribution is -2.32. The number of amides is 1. The van der Waals surface area contributed by atoms with E-state index >= 15 is 0 Å². The minimum absolute atomic E-state index is 0.0491. The van der Waals surface area contributed by atoms with E-state index in [9.17, 15) is 18.0 Å². The quantitative estimate of drug-likeness (QED) is 0.699. The van der Waals surface area contributed by atoms with Crippen LogP contribution in [-0.4, -0.2) is 38.7 Å². The summed E-state index contributed by atoms with van der Waals surface area (Å²) >= 11 is 0. The molecule has 1 aromatic carbocycles.